The van der Waals surface area contributed by atoms with Crippen LogP contribution in [0.25, 0.3) is 0 Å². The molecule has 0 aromatic heterocycles. The van der Waals surface area contributed by atoms with Crippen molar-refractivity contribution < 1.29 is 29.0 Å². The smallest absolute Gasteiger partial charge is 0.251 e. The maximum atomic E-state index is 14.0. The number of carbonyl (C=O) groups is 3. The van der Waals surface area contributed by atoms with Gasteiger partial charge in [0.25, 0.3) is 5.91 Å². The fourth-order valence-corrected chi connectivity index (χ4v) is 7.27. The Bertz CT molecular complexity index is 1320. The summed E-state index contributed by atoms with van der Waals surface area (Å²) in [6, 6.07) is 14.1. The van der Waals surface area contributed by atoms with Gasteiger partial charge in [-0.25, -0.2) is 0 Å². The molecule has 2 aromatic carbocycles. The number of piperidine rings is 1. The topological polar surface area (TPSA) is 120 Å². The first-order valence-electron chi connectivity index (χ1n) is 17.0. The maximum Gasteiger partial charge on any atom is 0.251 e. The molecule has 0 bridgehead atoms. The number of amides is 3. The van der Waals surface area contributed by atoms with Gasteiger partial charge >= 0.3 is 0 Å². The predicted octanol–water partition coefficient (Wildman–Crippen LogP) is 4.26. The molecule has 2 aromatic rings. The van der Waals surface area contributed by atoms with Crippen LogP contribution in [0.2, 0.25) is 0 Å². The average molecular weight is 635 g/mol. The van der Waals surface area contributed by atoms with Gasteiger partial charge in [-0.2, -0.15) is 0 Å². The molecule has 0 unspecified atom stereocenters. The molecule has 46 heavy (non-hydrogen) atoms. The third kappa shape index (κ3) is 7.56. The zero-order chi connectivity index (χ0) is 32.7. The van der Waals surface area contributed by atoms with Crippen molar-refractivity contribution in [3.05, 3.63) is 59.7 Å². The second-order valence-corrected chi connectivity index (χ2v) is 12.9. The molecule has 2 atom stereocenters. The number of carbonyl (C=O) groups excluding carboxylic acids is 3. The lowest BCUT2D eigenvalue weighted by Gasteiger charge is -2.52. The zero-order valence-corrected chi connectivity index (χ0v) is 27.5. The standard InChI is InChI=1S/C36H50N4O6/c1-4-6-21-40-34(43)31(32(41)26-9-15-28(16-10-26)45-5-2)38-35(44)36(40)19-22-39(23-20-36)24-25-7-13-29(14-8-25)46-30-17-11-27(12-18-30)33(42)37-3/h7-8,11-14,17-18,26,28,31-32,41H,4-6,9-10,15-16,19-24H2,1-3H3,(H,37,42)(H,38,44)/t26?,28?,31-,32-/m1/s1. The number of aliphatic hydroxyl groups is 1. The van der Waals surface area contributed by atoms with Gasteiger partial charge in [0.2, 0.25) is 11.8 Å². The maximum absolute atomic E-state index is 14.0. The van der Waals surface area contributed by atoms with Crippen LogP contribution in [0, 0.1) is 5.92 Å². The summed E-state index contributed by atoms with van der Waals surface area (Å²) in [5.41, 5.74) is 0.828. The van der Waals surface area contributed by atoms with Gasteiger partial charge in [-0.15, -0.1) is 0 Å². The molecular weight excluding hydrogens is 584 g/mol. The van der Waals surface area contributed by atoms with Gasteiger partial charge in [-0.05, 0) is 99.7 Å². The zero-order valence-electron chi connectivity index (χ0n) is 27.5. The van der Waals surface area contributed by atoms with E-state index in [9.17, 15) is 19.5 Å². The second kappa shape index (κ2) is 15.4. The fourth-order valence-electron chi connectivity index (χ4n) is 7.27. The average Bonchev–Trinajstić information content (AvgIpc) is 3.08. The normalized spacial score (nSPS) is 24.0. The second-order valence-electron chi connectivity index (χ2n) is 12.9. The largest absolute Gasteiger partial charge is 0.457 e. The van der Waals surface area contributed by atoms with Gasteiger partial charge in [0.15, 0.2) is 0 Å². The quantitative estimate of drug-likeness (QED) is 0.319. The number of aliphatic hydroxyl groups excluding tert-OH is 1. The molecule has 3 amide bonds. The Kier molecular flexibility index (Phi) is 11.4. The van der Waals surface area contributed by atoms with Crippen LogP contribution >= 0.6 is 0 Å². The number of nitrogens with one attached hydrogen (secondary N) is 2. The van der Waals surface area contributed by atoms with Crippen LogP contribution in [-0.2, 0) is 20.9 Å². The summed E-state index contributed by atoms with van der Waals surface area (Å²) in [5.74, 6) is 0.925. The Labute approximate surface area is 272 Å². The van der Waals surface area contributed by atoms with E-state index < -0.39 is 17.7 Å². The summed E-state index contributed by atoms with van der Waals surface area (Å²) in [7, 11) is 1.60. The Hall–Kier alpha value is -3.47. The van der Waals surface area contributed by atoms with E-state index in [-0.39, 0.29) is 29.7 Å². The van der Waals surface area contributed by atoms with Crippen molar-refractivity contribution >= 4 is 17.7 Å². The molecule has 2 heterocycles. The molecule has 0 radical (unpaired) electrons. The lowest BCUT2D eigenvalue weighted by molar-refractivity contribution is -0.166. The number of unbranched alkanes of at least 4 members (excludes halogenated alkanes) is 1. The molecule has 5 rings (SSSR count). The highest BCUT2D eigenvalue weighted by molar-refractivity contribution is 6.00. The van der Waals surface area contributed by atoms with Crippen LogP contribution in [0.15, 0.2) is 48.5 Å². The van der Waals surface area contributed by atoms with E-state index in [0.717, 1.165) is 50.6 Å². The van der Waals surface area contributed by atoms with Crippen LogP contribution in [0.1, 0.15) is 81.1 Å². The Morgan fingerprint density at radius 3 is 2.22 bits per heavy atom. The van der Waals surface area contributed by atoms with Crippen LogP contribution in [0.4, 0.5) is 0 Å². The van der Waals surface area contributed by atoms with Gasteiger partial charge < -0.3 is 30.1 Å². The summed E-state index contributed by atoms with van der Waals surface area (Å²) in [4.78, 5) is 43.8. The first-order chi connectivity index (χ1) is 22.3. The number of rotatable bonds is 12. The number of nitrogens with zero attached hydrogens (tertiary/aromatic N) is 2. The van der Waals surface area contributed by atoms with Crippen LogP contribution < -0.4 is 15.4 Å². The molecule has 2 aliphatic heterocycles. The molecule has 10 heteroatoms. The molecular formula is C36H50N4O6. The Morgan fingerprint density at radius 2 is 1.63 bits per heavy atom. The first kappa shape index (κ1) is 33.9. The van der Waals surface area contributed by atoms with Crippen molar-refractivity contribution in [3.8, 4) is 11.5 Å². The van der Waals surface area contributed by atoms with Crippen molar-refractivity contribution in [3.63, 3.8) is 0 Å². The Morgan fingerprint density at radius 1 is 1.00 bits per heavy atom. The van der Waals surface area contributed by atoms with E-state index in [1.807, 2.05) is 36.1 Å². The molecule has 3 aliphatic rings. The lowest BCUT2D eigenvalue weighted by Crippen LogP contribution is -2.75. The molecule has 1 aliphatic carbocycles. The number of likely N-dealkylation sites (tertiary alicyclic amines) is 1. The number of hydrogen-bond acceptors (Lipinski definition) is 7. The molecule has 3 fully saturated rings. The van der Waals surface area contributed by atoms with E-state index >= 15 is 0 Å². The van der Waals surface area contributed by atoms with Crippen molar-refractivity contribution in [1.29, 1.82) is 0 Å². The molecule has 1 spiro atoms. The molecule has 1 saturated carbocycles. The molecule has 2 saturated heterocycles. The number of benzene rings is 2. The van der Waals surface area contributed by atoms with E-state index in [2.05, 4.69) is 22.5 Å². The molecule has 250 valence electrons. The van der Waals surface area contributed by atoms with Gasteiger partial charge in [-0.1, -0.05) is 25.5 Å². The summed E-state index contributed by atoms with van der Waals surface area (Å²) < 4.78 is 11.7. The van der Waals surface area contributed by atoms with Crippen molar-refractivity contribution in [2.45, 2.75) is 95.5 Å². The number of hydrogen-bond donors (Lipinski definition) is 3. The van der Waals surface area contributed by atoms with E-state index in [4.69, 9.17) is 9.47 Å². The lowest BCUT2D eigenvalue weighted by atomic mass is 9.77. The van der Waals surface area contributed by atoms with E-state index in [1.54, 1.807) is 31.3 Å². The minimum atomic E-state index is -0.894. The third-order valence-corrected chi connectivity index (χ3v) is 10.0. The number of piperazine rings is 1. The van der Waals surface area contributed by atoms with E-state index in [0.29, 0.717) is 56.1 Å². The van der Waals surface area contributed by atoms with Crippen molar-refractivity contribution in [1.82, 2.24) is 20.4 Å². The highest BCUT2D eigenvalue weighted by atomic mass is 16.5. The summed E-state index contributed by atoms with van der Waals surface area (Å²) in [6.07, 6.45) is 5.50. The van der Waals surface area contributed by atoms with E-state index in [1.165, 1.54) is 0 Å². The minimum Gasteiger partial charge on any atom is -0.457 e. The number of ether oxygens (including phenoxy) is 2. The minimum absolute atomic E-state index is 0.0266. The summed E-state index contributed by atoms with van der Waals surface area (Å²) in [5, 5.41) is 17.0. The van der Waals surface area contributed by atoms with Crippen molar-refractivity contribution in [2.24, 2.45) is 5.92 Å². The molecule has 3 N–H and O–H groups in total. The van der Waals surface area contributed by atoms with Gasteiger partial charge in [-0.3, -0.25) is 19.3 Å². The van der Waals surface area contributed by atoms with Crippen LogP contribution in [0.3, 0.4) is 0 Å². The highest BCUT2D eigenvalue weighted by Gasteiger charge is 2.55. The SMILES string of the molecule is CCCCN1C(=O)[C@@H]([C@H](O)C2CCC(OCC)CC2)NC(=O)C12CCN(Cc1ccc(Oc3ccc(C(=O)NC)cc3)cc1)CC2. The van der Waals surface area contributed by atoms with Crippen LogP contribution in [-0.4, -0.2) is 89.7 Å². The van der Waals surface area contributed by atoms with Crippen molar-refractivity contribution in [2.75, 3.05) is 33.3 Å². The van der Waals surface area contributed by atoms with Crippen LogP contribution in [0.5, 0.6) is 11.5 Å². The van der Waals surface area contributed by atoms with Gasteiger partial charge in [0.1, 0.15) is 23.1 Å². The third-order valence-electron chi connectivity index (χ3n) is 10.0. The monoisotopic (exact) mass is 634 g/mol. The molecule has 10 nitrogen and oxygen atoms in total. The predicted molar refractivity (Wildman–Crippen MR) is 176 cm³/mol. The summed E-state index contributed by atoms with van der Waals surface area (Å²) >= 11 is 0. The van der Waals surface area contributed by atoms with Gasteiger partial charge in [0, 0.05) is 45.4 Å². The fraction of sp³-hybridized carbons (Fsp3) is 0.583. The Balaban J connectivity index is 1.18. The van der Waals surface area contributed by atoms with Gasteiger partial charge in [0.05, 0.1) is 12.2 Å². The first-order valence-corrected chi connectivity index (χ1v) is 17.0. The highest BCUT2D eigenvalue weighted by Crippen LogP contribution is 2.37. The summed E-state index contributed by atoms with van der Waals surface area (Å²) in [6.45, 7) is 7.40.